The van der Waals surface area contributed by atoms with E-state index in [1.807, 2.05) is 26.0 Å². The molecule has 0 bridgehead atoms. The normalized spacial score (nSPS) is 15.4. The zero-order valence-electron chi connectivity index (χ0n) is 18.6. The van der Waals surface area contributed by atoms with Crippen LogP contribution in [0.15, 0.2) is 24.5 Å². The monoisotopic (exact) mass is 448 g/mol. The number of carbonyl (C=O) groups excluding carboxylic acids is 1. The van der Waals surface area contributed by atoms with Gasteiger partial charge in [0.25, 0.3) is 5.91 Å². The minimum Gasteiger partial charge on any atom is -0.341 e. The van der Waals surface area contributed by atoms with Gasteiger partial charge in [-0.05, 0) is 43.9 Å². The Kier molecular flexibility index (Phi) is 6.71. The molecule has 3 heterocycles. The lowest BCUT2D eigenvalue weighted by Gasteiger charge is -2.37. The number of hydrogen-bond donors (Lipinski definition) is 1. The van der Waals surface area contributed by atoms with Crippen molar-refractivity contribution in [2.75, 3.05) is 25.0 Å². The lowest BCUT2D eigenvalue weighted by atomic mass is 10.00. The lowest BCUT2D eigenvalue weighted by molar-refractivity contribution is -0.141. The van der Waals surface area contributed by atoms with E-state index in [0.29, 0.717) is 37.0 Å². The van der Waals surface area contributed by atoms with E-state index in [4.69, 9.17) is 5.41 Å². The average Bonchev–Trinajstić information content (AvgIpc) is 2.78. The molecule has 2 aromatic heterocycles. The SMILES string of the molecule is C/C=C\c1c(C(=O)N(C)C2CCN(c3nccc(C(F)(F)F)n3)CC2)cn(C)c(=N)c1C. The number of anilines is 1. The number of alkyl halides is 3. The largest absolute Gasteiger partial charge is 0.433 e. The van der Waals surface area contributed by atoms with E-state index >= 15 is 0 Å². The fraction of sp³-hybridized carbons (Fsp3) is 0.455. The molecule has 3 rings (SSSR count). The van der Waals surface area contributed by atoms with Gasteiger partial charge in [0.15, 0.2) is 0 Å². The summed E-state index contributed by atoms with van der Waals surface area (Å²) in [6.07, 6.45) is 3.12. The Labute approximate surface area is 184 Å². The predicted octanol–water partition coefficient (Wildman–Crippen LogP) is 3.40. The molecule has 1 aliphatic heterocycles. The summed E-state index contributed by atoms with van der Waals surface area (Å²) in [5.41, 5.74) is 1.34. The van der Waals surface area contributed by atoms with Gasteiger partial charge in [0.2, 0.25) is 5.95 Å². The summed E-state index contributed by atoms with van der Waals surface area (Å²) < 4.78 is 40.5. The minimum absolute atomic E-state index is 0.0521. The molecule has 1 fully saturated rings. The van der Waals surface area contributed by atoms with Gasteiger partial charge in [-0.3, -0.25) is 10.2 Å². The molecule has 1 amide bonds. The third kappa shape index (κ3) is 4.68. The number of allylic oxidation sites excluding steroid dienone is 1. The van der Waals surface area contributed by atoms with Crippen molar-refractivity contribution in [2.24, 2.45) is 7.05 Å². The minimum atomic E-state index is -4.52. The Balaban J connectivity index is 1.76. The summed E-state index contributed by atoms with van der Waals surface area (Å²) in [5.74, 6) is -0.0955. The molecule has 172 valence electrons. The summed E-state index contributed by atoms with van der Waals surface area (Å²) >= 11 is 0. The highest BCUT2D eigenvalue weighted by atomic mass is 19.4. The smallest absolute Gasteiger partial charge is 0.341 e. The molecule has 0 radical (unpaired) electrons. The topological polar surface area (TPSA) is 78.1 Å². The number of amides is 1. The van der Waals surface area contributed by atoms with E-state index in [1.54, 1.807) is 34.7 Å². The molecule has 1 N–H and O–H groups in total. The van der Waals surface area contributed by atoms with Crippen molar-refractivity contribution in [3.05, 3.63) is 52.4 Å². The molecule has 1 saturated heterocycles. The average molecular weight is 448 g/mol. The molecule has 0 spiro atoms. The molecule has 0 aromatic carbocycles. The van der Waals surface area contributed by atoms with Crippen LogP contribution in [0.5, 0.6) is 0 Å². The standard InChI is InChI=1S/C22H27F3N6O/c1-5-6-16-14(2)19(26)29(3)13-17(16)20(32)30(4)15-8-11-31(12-9-15)21-27-10-7-18(28-21)22(23,24)25/h5-7,10,13,15,26H,8-9,11-12H2,1-4H3/b6-5-,26-19?. The Morgan fingerprint density at radius 3 is 2.56 bits per heavy atom. The second-order valence-electron chi connectivity index (χ2n) is 7.91. The van der Waals surface area contributed by atoms with Gasteiger partial charge in [-0.15, -0.1) is 0 Å². The number of aryl methyl sites for hydroxylation is 1. The molecule has 0 aliphatic carbocycles. The summed E-state index contributed by atoms with van der Waals surface area (Å²) in [5, 5.41) is 8.18. The fourth-order valence-corrected chi connectivity index (χ4v) is 3.94. The van der Waals surface area contributed by atoms with Crippen LogP contribution in [-0.2, 0) is 13.2 Å². The van der Waals surface area contributed by atoms with Crippen LogP contribution in [0.1, 0.15) is 46.9 Å². The number of piperidine rings is 1. The first-order valence-electron chi connectivity index (χ1n) is 10.3. The molecule has 0 atom stereocenters. The zero-order valence-corrected chi connectivity index (χ0v) is 18.6. The van der Waals surface area contributed by atoms with Crippen molar-refractivity contribution in [2.45, 2.75) is 38.9 Å². The van der Waals surface area contributed by atoms with Crippen molar-refractivity contribution in [1.82, 2.24) is 19.4 Å². The number of rotatable bonds is 4. The second-order valence-corrected chi connectivity index (χ2v) is 7.91. The number of aromatic nitrogens is 3. The Morgan fingerprint density at radius 1 is 1.31 bits per heavy atom. The molecular formula is C22H27F3N6O. The van der Waals surface area contributed by atoms with Crippen LogP contribution in [0, 0.1) is 12.3 Å². The zero-order chi connectivity index (χ0) is 23.6. The van der Waals surface area contributed by atoms with Crippen LogP contribution in [-0.4, -0.2) is 51.5 Å². The highest BCUT2D eigenvalue weighted by Crippen LogP contribution is 2.29. The van der Waals surface area contributed by atoms with E-state index in [-0.39, 0.29) is 17.9 Å². The lowest BCUT2D eigenvalue weighted by Crippen LogP contribution is -2.46. The number of nitrogens with one attached hydrogen (secondary N) is 1. The van der Waals surface area contributed by atoms with Gasteiger partial charge >= 0.3 is 6.18 Å². The van der Waals surface area contributed by atoms with Crippen molar-refractivity contribution in [3.8, 4) is 0 Å². The molecule has 7 nitrogen and oxygen atoms in total. The first-order valence-corrected chi connectivity index (χ1v) is 10.3. The number of carbonyl (C=O) groups is 1. The molecule has 0 unspecified atom stereocenters. The number of hydrogen-bond acceptors (Lipinski definition) is 5. The molecule has 10 heteroatoms. The first-order chi connectivity index (χ1) is 15.0. The number of halogens is 3. The van der Waals surface area contributed by atoms with Crippen molar-refractivity contribution in [1.29, 1.82) is 5.41 Å². The Bertz CT molecular complexity index is 1080. The van der Waals surface area contributed by atoms with Crippen LogP contribution in [0.25, 0.3) is 6.08 Å². The molecular weight excluding hydrogens is 421 g/mol. The van der Waals surface area contributed by atoms with E-state index < -0.39 is 11.9 Å². The maximum atomic E-state index is 13.3. The number of nitrogens with zero attached hydrogens (tertiary/aromatic N) is 5. The molecule has 1 aliphatic rings. The summed E-state index contributed by atoms with van der Waals surface area (Å²) in [6, 6.07) is 0.791. The van der Waals surface area contributed by atoms with Crippen LogP contribution >= 0.6 is 0 Å². The van der Waals surface area contributed by atoms with Crippen LogP contribution < -0.4 is 10.4 Å². The quantitative estimate of drug-likeness (QED) is 0.778. The Morgan fingerprint density at radius 2 is 1.97 bits per heavy atom. The molecule has 2 aromatic rings. The maximum absolute atomic E-state index is 13.3. The summed E-state index contributed by atoms with van der Waals surface area (Å²) in [6.45, 7) is 4.58. The third-order valence-electron chi connectivity index (χ3n) is 5.84. The van der Waals surface area contributed by atoms with Crippen LogP contribution in [0.2, 0.25) is 0 Å². The summed E-state index contributed by atoms with van der Waals surface area (Å²) in [4.78, 5) is 24.4. The van der Waals surface area contributed by atoms with Crippen LogP contribution in [0.4, 0.5) is 19.1 Å². The maximum Gasteiger partial charge on any atom is 0.433 e. The Hall–Kier alpha value is -3.17. The van der Waals surface area contributed by atoms with Crippen molar-refractivity contribution >= 4 is 17.9 Å². The van der Waals surface area contributed by atoms with E-state index in [0.717, 1.165) is 23.4 Å². The van der Waals surface area contributed by atoms with Gasteiger partial charge in [0.1, 0.15) is 11.2 Å². The molecule has 0 saturated carbocycles. The molecule has 32 heavy (non-hydrogen) atoms. The van der Waals surface area contributed by atoms with Crippen LogP contribution in [0.3, 0.4) is 0 Å². The van der Waals surface area contributed by atoms with E-state index in [2.05, 4.69) is 9.97 Å². The van der Waals surface area contributed by atoms with Gasteiger partial charge < -0.3 is 14.4 Å². The van der Waals surface area contributed by atoms with Gasteiger partial charge in [0, 0.05) is 45.6 Å². The number of pyridine rings is 1. The third-order valence-corrected chi connectivity index (χ3v) is 5.84. The van der Waals surface area contributed by atoms with Gasteiger partial charge in [0.05, 0.1) is 5.56 Å². The van der Waals surface area contributed by atoms with Gasteiger partial charge in [-0.1, -0.05) is 12.2 Å². The predicted molar refractivity (Wildman–Crippen MR) is 115 cm³/mol. The van der Waals surface area contributed by atoms with Gasteiger partial charge in [-0.25, -0.2) is 9.97 Å². The van der Waals surface area contributed by atoms with Gasteiger partial charge in [-0.2, -0.15) is 13.2 Å². The van der Waals surface area contributed by atoms with E-state index in [9.17, 15) is 18.0 Å². The fourth-order valence-electron chi connectivity index (χ4n) is 3.94. The van der Waals surface area contributed by atoms with Crippen molar-refractivity contribution in [3.63, 3.8) is 0 Å². The van der Waals surface area contributed by atoms with Crippen molar-refractivity contribution < 1.29 is 18.0 Å². The second kappa shape index (κ2) is 9.13. The summed E-state index contributed by atoms with van der Waals surface area (Å²) in [7, 11) is 3.48. The first kappa shape index (κ1) is 23.5. The van der Waals surface area contributed by atoms with E-state index in [1.165, 1.54) is 0 Å². The highest BCUT2D eigenvalue weighted by molar-refractivity contribution is 5.98. The highest BCUT2D eigenvalue weighted by Gasteiger charge is 2.34.